The summed E-state index contributed by atoms with van der Waals surface area (Å²) in [6, 6.07) is 3.93. The Morgan fingerprint density at radius 3 is 3.00 bits per heavy atom. The number of aliphatic hydroxyl groups excluding tert-OH is 1. The van der Waals surface area contributed by atoms with Gasteiger partial charge in [-0.15, -0.1) is 0 Å². The summed E-state index contributed by atoms with van der Waals surface area (Å²) in [5.74, 6) is 0. The van der Waals surface area contributed by atoms with E-state index in [-0.39, 0.29) is 0 Å². The molecule has 0 spiro atoms. The maximum Gasteiger partial charge on any atom is 0.120 e. The van der Waals surface area contributed by atoms with Crippen molar-refractivity contribution in [2.45, 2.75) is 12.6 Å². The third kappa shape index (κ3) is 3.66. The van der Waals surface area contributed by atoms with Gasteiger partial charge >= 0.3 is 0 Å². The molecule has 1 rings (SSSR count). The standard InChI is InChI=1S/C11H17N3O2/c1-14-7-9(3-10(14)4-12)5-13-6-11(15)8-16-2/h3,7,11,13,15H,5-6,8H2,1-2H3. The van der Waals surface area contributed by atoms with Crippen LogP contribution in [-0.2, 0) is 18.3 Å². The average Bonchev–Trinajstić information content (AvgIpc) is 2.59. The molecule has 16 heavy (non-hydrogen) atoms. The lowest BCUT2D eigenvalue weighted by molar-refractivity contribution is 0.0644. The molecule has 0 fully saturated rings. The van der Waals surface area contributed by atoms with Crippen LogP contribution in [0.2, 0.25) is 0 Å². The molecule has 0 saturated heterocycles. The minimum absolute atomic E-state index is 0.325. The molecule has 1 heterocycles. The number of aryl methyl sites for hydroxylation is 1. The quantitative estimate of drug-likeness (QED) is 0.712. The van der Waals surface area contributed by atoms with Crippen molar-refractivity contribution >= 4 is 0 Å². The van der Waals surface area contributed by atoms with Crippen molar-refractivity contribution < 1.29 is 9.84 Å². The smallest absolute Gasteiger partial charge is 0.120 e. The second-order valence-corrected chi connectivity index (χ2v) is 3.70. The van der Waals surface area contributed by atoms with E-state index in [1.807, 2.05) is 19.3 Å². The maximum atomic E-state index is 9.39. The van der Waals surface area contributed by atoms with Crippen LogP contribution in [-0.4, -0.2) is 36.0 Å². The van der Waals surface area contributed by atoms with Crippen LogP contribution in [0.3, 0.4) is 0 Å². The van der Waals surface area contributed by atoms with Crippen LogP contribution in [0.5, 0.6) is 0 Å². The lowest BCUT2D eigenvalue weighted by Crippen LogP contribution is -2.29. The zero-order valence-electron chi connectivity index (χ0n) is 9.60. The van der Waals surface area contributed by atoms with Gasteiger partial charge in [-0.1, -0.05) is 0 Å². The molecule has 0 radical (unpaired) electrons. The van der Waals surface area contributed by atoms with Crippen molar-refractivity contribution in [1.82, 2.24) is 9.88 Å². The highest BCUT2D eigenvalue weighted by Crippen LogP contribution is 2.05. The van der Waals surface area contributed by atoms with Crippen molar-refractivity contribution in [2.24, 2.45) is 7.05 Å². The number of methoxy groups -OCH3 is 1. The number of hydrogen-bond acceptors (Lipinski definition) is 4. The van der Waals surface area contributed by atoms with Crippen LogP contribution in [0.4, 0.5) is 0 Å². The monoisotopic (exact) mass is 223 g/mol. The first kappa shape index (κ1) is 12.7. The van der Waals surface area contributed by atoms with E-state index >= 15 is 0 Å². The third-order valence-corrected chi connectivity index (χ3v) is 2.24. The molecule has 0 amide bonds. The van der Waals surface area contributed by atoms with E-state index in [2.05, 4.69) is 11.4 Å². The molecule has 0 aliphatic carbocycles. The molecule has 1 aromatic heterocycles. The molecule has 0 aliphatic rings. The van der Waals surface area contributed by atoms with E-state index in [4.69, 9.17) is 10.00 Å². The zero-order valence-corrected chi connectivity index (χ0v) is 9.60. The van der Waals surface area contributed by atoms with Gasteiger partial charge in [0, 0.05) is 33.4 Å². The number of nitrogens with one attached hydrogen (secondary N) is 1. The summed E-state index contributed by atoms with van der Waals surface area (Å²) >= 11 is 0. The van der Waals surface area contributed by atoms with E-state index in [1.165, 1.54) is 0 Å². The highest BCUT2D eigenvalue weighted by atomic mass is 16.5. The molecule has 5 nitrogen and oxygen atoms in total. The molecule has 5 heteroatoms. The molecule has 1 atom stereocenters. The van der Waals surface area contributed by atoms with Crippen molar-refractivity contribution in [1.29, 1.82) is 5.26 Å². The number of nitriles is 1. The number of hydrogen-bond donors (Lipinski definition) is 2. The Labute approximate surface area is 95.3 Å². The molecule has 0 aromatic carbocycles. The zero-order chi connectivity index (χ0) is 12.0. The van der Waals surface area contributed by atoms with Gasteiger partial charge in [-0.2, -0.15) is 5.26 Å². The SMILES string of the molecule is COCC(O)CNCc1cc(C#N)n(C)c1. The van der Waals surface area contributed by atoms with Crippen LogP contribution >= 0.6 is 0 Å². The number of rotatable bonds is 6. The first-order chi connectivity index (χ1) is 7.67. The van der Waals surface area contributed by atoms with Gasteiger partial charge < -0.3 is 19.7 Å². The van der Waals surface area contributed by atoms with Crippen molar-refractivity contribution in [3.8, 4) is 6.07 Å². The minimum atomic E-state index is -0.496. The van der Waals surface area contributed by atoms with Gasteiger partial charge in [0.05, 0.1) is 12.7 Å². The lowest BCUT2D eigenvalue weighted by Gasteiger charge is -2.09. The van der Waals surface area contributed by atoms with E-state index in [9.17, 15) is 5.11 Å². The normalized spacial score (nSPS) is 12.4. The van der Waals surface area contributed by atoms with Crippen LogP contribution in [0.1, 0.15) is 11.3 Å². The predicted octanol–water partition coefficient (Wildman–Crippen LogP) is -0.00632. The number of nitrogens with zero attached hydrogens (tertiary/aromatic N) is 2. The Bertz CT molecular complexity index is 368. The average molecular weight is 223 g/mol. The van der Waals surface area contributed by atoms with Gasteiger partial charge in [0.2, 0.25) is 0 Å². The van der Waals surface area contributed by atoms with E-state index in [0.717, 1.165) is 5.56 Å². The fourth-order valence-corrected chi connectivity index (χ4v) is 1.48. The Morgan fingerprint density at radius 2 is 2.44 bits per heavy atom. The molecule has 1 aromatic rings. The maximum absolute atomic E-state index is 9.39. The molecular weight excluding hydrogens is 206 g/mol. The van der Waals surface area contributed by atoms with Gasteiger partial charge in [-0.25, -0.2) is 0 Å². The molecule has 1 unspecified atom stereocenters. The van der Waals surface area contributed by atoms with Crippen LogP contribution in [0.25, 0.3) is 0 Å². The lowest BCUT2D eigenvalue weighted by atomic mass is 10.3. The molecule has 88 valence electrons. The topological polar surface area (TPSA) is 70.2 Å². The first-order valence-electron chi connectivity index (χ1n) is 5.10. The fraction of sp³-hybridized carbons (Fsp3) is 0.545. The molecule has 0 aliphatic heterocycles. The number of ether oxygens (including phenoxy) is 1. The molecule has 2 N–H and O–H groups in total. The van der Waals surface area contributed by atoms with Crippen molar-refractivity contribution in [3.63, 3.8) is 0 Å². The summed E-state index contributed by atoms with van der Waals surface area (Å²) in [7, 11) is 3.39. The van der Waals surface area contributed by atoms with Crippen LogP contribution in [0, 0.1) is 11.3 Å². The summed E-state index contributed by atoms with van der Waals surface area (Å²) in [6.07, 6.45) is 1.40. The summed E-state index contributed by atoms with van der Waals surface area (Å²) in [6.45, 7) is 1.44. The second-order valence-electron chi connectivity index (χ2n) is 3.70. The van der Waals surface area contributed by atoms with Gasteiger partial charge in [-0.05, 0) is 11.6 Å². The number of aromatic nitrogens is 1. The largest absolute Gasteiger partial charge is 0.389 e. The van der Waals surface area contributed by atoms with Gasteiger partial charge in [0.25, 0.3) is 0 Å². The third-order valence-electron chi connectivity index (χ3n) is 2.24. The Morgan fingerprint density at radius 1 is 1.69 bits per heavy atom. The summed E-state index contributed by atoms with van der Waals surface area (Å²) in [5, 5.41) is 21.3. The fourth-order valence-electron chi connectivity index (χ4n) is 1.48. The highest BCUT2D eigenvalue weighted by molar-refractivity contribution is 5.28. The van der Waals surface area contributed by atoms with Gasteiger partial charge in [0.1, 0.15) is 11.8 Å². The predicted molar refractivity (Wildman–Crippen MR) is 59.7 cm³/mol. The summed E-state index contributed by atoms with van der Waals surface area (Å²) in [5.41, 5.74) is 1.66. The van der Waals surface area contributed by atoms with Crippen LogP contribution < -0.4 is 5.32 Å². The van der Waals surface area contributed by atoms with Gasteiger partial charge in [-0.3, -0.25) is 0 Å². The van der Waals surface area contributed by atoms with E-state index in [0.29, 0.717) is 25.4 Å². The van der Waals surface area contributed by atoms with Crippen LogP contribution in [0.15, 0.2) is 12.3 Å². The van der Waals surface area contributed by atoms with Crippen molar-refractivity contribution in [2.75, 3.05) is 20.3 Å². The Hall–Kier alpha value is -1.35. The minimum Gasteiger partial charge on any atom is -0.389 e. The second kappa shape index (κ2) is 6.28. The summed E-state index contributed by atoms with van der Waals surface area (Å²) < 4.78 is 6.59. The van der Waals surface area contributed by atoms with Gasteiger partial charge in [0.15, 0.2) is 0 Å². The van der Waals surface area contributed by atoms with E-state index < -0.39 is 6.10 Å². The molecule has 0 bridgehead atoms. The Balaban J connectivity index is 2.35. The first-order valence-corrected chi connectivity index (χ1v) is 5.10. The molecular formula is C11H17N3O2. The Kier molecular flexibility index (Phi) is 4.99. The molecule has 0 saturated carbocycles. The van der Waals surface area contributed by atoms with E-state index in [1.54, 1.807) is 11.7 Å². The highest BCUT2D eigenvalue weighted by Gasteiger charge is 2.04. The number of aliphatic hydroxyl groups is 1. The summed E-state index contributed by atoms with van der Waals surface area (Å²) in [4.78, 5) is 0. The van der Waals surface area contributed by atoms with Crippen molar-refractivity contribution in [3.05, 3.63) is 23.5 Å².